The van der Waals surface area contributed by atoms with E-state index >= 15 is 0 Å². The van der Waals surface area contributed by atoms with E-state index in [-0.39, 0.29) is 0 Å². The SMILES string of the molecule is Clc1ccc(Cc2cccc(-c3ncc4c(n3)CCCC4)n2)cn1. The molecule has 120 valence electrons. The van der Waals surface area contributed by atoms with Crippen molar-refractivity contribution in [3.05, 3.63) is 70.4 Å². The summed E-state index contributed by atoms with van der Waals surface area (Å²) >= 11 is 5.83. The topological polar surface area (TPSA) is 51.6 Å². The van der Waals surface area contributed by atoms with Crippen LogP contribution >= 0.6 is 11.6 Å². The van der Waals surface area contributed by atoms with E-state index in [4.69, 9.17) is 21.6 Å². The highest BCUT2D eigenvalue weighted by atomic mass is 35.5. The van der Waals surface area contributed by atoms with Gasteiger partial charge in [-0.15, -0.1) is 0 Å². The Morgan fingerprint density at radius 2 is 1.83 bits per heavy atom. The fraction of sp³-hybridized carbons (Fsp3) is 0.263. The smallest absolute Gasteiger partial charge is 0.178 e. The standard InChI is InChI=1S/C19H17ClN4/c20-18-9-8-13(11-21-18)10-15-5-3-7-17(23-15)19-22-12-14-4-1-2-6-16(14)24-19/h3,5,7-9,11-12H,1-2,4,6,10H2. The molecule has 0 atom stereocenters. The maximum absolute atomic E-state index is 5.83. The molecule has 0 N–H and O–H groups in total. The molecule has 4 rings (SSSR count). The summed E-state index contributed by atoms with van der Waals surface area (Å²) in [6.07, 6.45) is 9.04. The lowest BCUT2D eigenvalue weighted by atomic mass is 9.97. The van der Waals surface area contributed by atoms with Gasteiger partial charge in [-0.05, 0) is 55.0 Å². The molecule has 1 aliphatic carbocycles. The van der Waals surface area contributed by atoms with Crippen molar-refractivity contribution in [1.82, 2.24) is 19.9 Å². The molecular weight excluding hydrogens is 320 g/mol. The van der Waals surface area contributed by atoms with Crippen LogP contribution in [0.5, 0.6) is 0 Å². The normalized spacial score (nSPS) is 13.5. The first-order chi connectivity index (χ1) is 11.8. The predicted molar refractivity (Wildman–Crippen MR) is 94.0 cm³/mol. The molecule has 24 heavy (non-hydrogen) atoms. The van der Waals surface area contributed by atoms with Crippen molar-refractivity contribution in [2.75, 3.05) is 0 Å². The summed E-state index contributed by atoms with van der Waals surface area (Å²) < 4.78 is 0. The van der Waals surface area contributed by atoms with Gasteiger partial charge < -0.3 is 0 Å². The zero-order valence-electron chi connectivity index (χ0n) is 13.2. The molecule has 0 saturated heterocycles. The van der Waals surface area contributed by atoms with Gasteiger partial charge in [0.1, 0.15) is 10.8 Å². The minimum Gasteiger partial charge on any atom is -0.249 e. The number of pyridine rings is 2. The minimum absolute atomic E-state index is 0.503. The summed E-state index contributed by atoms with van der Waals surface area (Å²) in [6.45, 7) is 0. The predicted octanol–water partition coefficient (Wildman–Crippen LogP) is 4.06. The monoisotopic (exact) mass is 336 g/mol. The van der Waals surface area contributed by atoms with Crippen LogP contribution in [0.2, 0.25) is 5.15 Å². The lowest BCUT2D eigenvalue weighted by Gasteiger charge is -2.14. The second kappa shape index (κ2) is 6.65. The van der Waals surface area contributed by atoms with Crippen LogP contribution in [0.25, 0.3) is 11.5 Å². The van der Waals surface area contributed by atoms with E-state index in [1.807, 2.05) is 30.5 Å². The van der Waals surface area contributed by atoms with E-state index in [1.165, 1.54) is 24.1 Å². The quantitative estimate of drug-likeness (QED) is 0.677. The van der Waals surface area contributed by atoms with Gasteiger partial charge in [-0.2, -0.15) is 0 Å². The van der Waals surface area contributed by atoms with Gasteiger partial charge >= 0.3 is 0 Å². The van der Waals surface area contributed by atoms with Gasteiger partial charge in [-0.3, -0.25) is 0 Å². The number of hydrogen-bond acceptors (Lipinski definition) is 4. The second-order valence-electron chi connectivity index (χ2n) is 6.05. The van der Waals surface area contributed by atoms with E-state index in [0.29, 0.717) is 17.4 Å². The van der Waals surface area contributed by atoms with Gasteiger partial charge in [0, 0.05) is 30.2 Å². The van der Waals surface area contributed by atoms with E-state index in [1.54, 1.807) is 12.3 Å². The molecule has 3 heterocycles. The first-order valence-corrected chi connectivity index (χ1v) is 8.57. The molecule has 5 heteroatoms. The average molecular weight is 337 g/mol. The van der Waals surface area contributed by atoms with E-state index < -0.39 is 0 Å². The van der Waals surface area contributed by atoms with E-state index in [2.05, 4.69) is 9.97 Å². The van der Waals surface area contributed by atoms with Crippen LogP contribution in [-0.4, -0.2) is 19.9 Å². The molecule has 0 bridgehead atoms. The number of aromatic nitrogens is 4. The first-order valence-electron chi connectivity index (χ1n) is 8.19. The first kappa shape index (κ1) is 15.2. The van der Waals surface area contributed by atoms with Crippen molar-refractivity contribution in [3.63, 3.8) is 0 Å². The summed E-state index contributed by atoms with van der Waals surface area (Å²) in [6, 6.07) is 9.75. The van der Waals surface area contributed by atoms with Crippen LogP contribution in [0, 0.1) is 0 Å². The fourth-order valence-corrected chi connectivity index (χ4v) is 3.13. The Hall–Kier alpha value is -2.33. The van der Waals surface area contributed by atoms with E-state index in [9.17, 15) is 0 Å². The zero-order valence-corrected chi connectivity index (χ0v) is 14.0. The van der Waals surface area contributed by atoms with Crippen molar-refractivity contribution in [2.24, 2.45) is 0 Å². The molecule has 0 amide bonds. The number of rotatable bonds is 3. The highest BCUT2D eigenvalue weighted by Crippen LogP contribution is 2.22. The molecule has 4 nitrogen and oxygen atoms in total. The summed E-state index contributed by atoms with van der Waals surface area (Å²) in [5.74, 6) is 0.715. The summed E-state index contributed by atoms with van der Waals surface area (Å²) in [5.41, 5.74) is 5.34. The van der Waals surface area contributed by atoms with Crippen LogP contribution < -0.4 is 0 Å². The third-order valence-corrected chi connectivity index (χ3v) is 4.50. The lowest BCUT2D eigenvalue weighted by molar-refractivity contribution is 0.663. The molecule has 0 saturated carbocycles. The van der Waals surface area contributed by atoms with Crippen molar-refractivity contribution in [3.8, 4) is 11.5 Å². The van der Waals surface area contributed by atoms with Gasteiger partial charge in [0.05, 0.1) is 0 Å². The molecule has 0 aromatic carbocycles. The minimum atomic E-state index is 0.503. The Kier molecular flexibility index (Phi) is 4.22. The Morgan fingerprint density at radius 1 is 0.917 bits per heavy atom. The molecule has 0 unspecified atom stereocenters. The largest absolute Gasteiger partial charge is 0.249 e. The average Bonchev–Trinajstić information content (AvgIpc) is 2.63. The van der Waals surface area contributed by atoms with Crippen molar-refractivity contribution < 1.29 is 0 Å². The second-order valence-corrected chi connectivity index (χ2v) is 6.44. The Bertz CT molecular complexity index is 861. The van der Waals surface area contributed by atoms with Crippen molar-refractivity contribution in [1.29, 1.82) is 0 Å². The maximum Gasteiger partial charge on any atom is 0.178 e. The highest BCUT2D eigenvalue weighted by Gasteiger charge is 2.13. The molecule has 0 spiro atoms. The van der Waals surface area contributed by atoms with Gasteiger partial charge in [-0.25, -0.2) is 19.9 Å². The van der Waals surface area contributed by atoms with E-state index in [0.717, 1.165) is 29.8 Å². The molecule has 1 aliphatic rings. The van der Waals surface area contributed by atoms with Crippen molar-refractivity contribution in [2.45, 2.75) is 32.1 Å². The van der Waals surface area contributed by atoms with Gasteiger partial charge in [0.25, 0.3) is 0 Å². The third-order valence-electron chi connectivity index (χ3n) is 4.27. The summed E-state index contributed by atoms with van der Waals surface area (Å²) in [7, 11) is 0. The highest BCUT2D eigenvalue weighted by molar-refractivity contribution is 6.29. The molecule has 0 fully saturated rings. The van der Waals surface area contributed by atoms with Crippen LogP contribution in [0.15, 0.2) is 42.7 Å². The summed E-state index contributed by atoms with van der Waals surface area (Å²) in [5, 5.41) is 0.503. The maximum atomic E-state index is 5.83. The van der Waals surface area contributed by atoms with Crippen LogP contribution in [0.3, 0.4) is 0 Å². The van der Waals surface area contributed by atoms with Gasteiger partial charge in [0.15, 0.2) is 5.82 Å². The molecular formula is C19H17ClN4. The Balaban J connectivity index is 1.61. The lowest BCUT2D eigenvalue weighted by Crippen LogP contribution is -2.08. The van der Waals surface area contributed by atoms with Crippen molar-refractivity contribution >= 4 is 11.6 Å². The third kappa shape index (κ3) is 3.29. The number of nitrogens with zero attached hydrogens (tertiary/aromatic N) is 4. The summed E-state index contributed by atoms with van der Waals surface area (Å²) in [4.78, 5) is 18.1. The van der Waals surface area contributed by atoms with Gasteiger partial charge in [0.2, 0.25) is 0 Å². The fourth-order valence-electron chi connectivity index (χ4n) is 3.02. The molecule has 0 aliphatic heterocycles. The number of aryl methyl sites for hydroxylation is 2. The van der Waals surface area contributed by atoms with Crippen LogP contribution in [0.4, 0.5) is 0 Å². The Labute approximate surface area is 146 Å². The number of halogens is 1. The molecule has 3 aromatic rings. The number of hydrogen-bond donors (Lipinski definition) is 0. The number of fused-ring (bicyclic) bond motifs is 1. The van der Waals surface area contributed by atoms with Gasteiger partial charge in [-0.1, -0.05) is 23.7 Å². The Morgan fingerprint density at radius 3 is 2.71 bits per heavy atom. The van der Waals surface area contributed by atoms with Crippen LogP contribution in [0.1, 0.15) is 35.4 Å². The molecule has 0 radical (unpaired) electrons. The zero-order chi connectivity index (χ0) is 16.4. The van der Waals surface area contributed by atoms with Crippen LogP contribution in [-0.2, 0) is 19.3 Å². The molecule has 3 aromatic heterocycles.